The Morgan fingerprint density at radius 2 is 2.06 bits per heavy atom. The summed E-state index contributed by atoms with van der Waals surface area (Å²) in [6, 6.07) is 11.5. The van der Waals surface area contributed by atoms with Crippen molar-refractivity contribution in [2.24, 2.45) is 0 Å². The molecule has 0 spiro atoms. The van der Waals surface area contributed by atoms with E-state index in [-0.39, 0.29) is 5.97 Å². The van der Waals surface area contributed by atoms with Gasteiger partial charge in [0.05, 0.1) is 7.11 Å². The van der Waals surface area contributed by atoms with E-state index in [9.17, 15) is 4.79 Å². The fourth-order valence-electron chi connectivity index (χ4n) is 2.12. The first-order valence-electron chi connectivity index (χ1n) is 5.87. The molecule has 0 N–H and O–H groups in total. The molecule has 18 heavy (non-hydrogen) atoms. The predicted molar refractivity (Wildman–Crippen MR) is 64.9 cm³/mol. The van der Waals surface area contributed by atoms with Crippen molar-refractivity contribution in [2.45, 2.75) is 18.3 Å². The number of esters is 1. The first kappa shape index (κ1) is 11.0. The van der Waals surface area contributed by atoms with E-state index in [4.69, 9.17) is 9.26 Å². The monoisotopic (exact) mass is 243 g/mol. The zero-order valence-corrected chi connectivity index (χ0v) is 10.1. The summed E-state index contributed by atoms with van der Waals surface area (Å²) in [6.07, 6.45) is 1.56. The van der Waals surface area contributed by atoms with Gasteiger partial charge in [-0.15, -0.1) is 0 Å². The number of carbonyl (C=O) groups is 1. The SMILES string of the molecule is COC(=O)C1(c2cc(-c3ccccc3)on2)CC1. The summed E-state index contributed by atoms with van der Waals surface area (Å²) in [5.74, 6) is 0.455. The third-order valence-corrected chi connectivity index (χ3v) is 3.38. The lowest BCUT2D eigenvalue weighted by Gasteiger charge is -2.07. The molecule has 1 aromatic heterocycles. The smallest absolute Gasteiger partial charge is 0.318 e. The molecule has 0 amide bonds. The standard InChI is InChI=1S/C14H13NO3/c1-17-13(16)14(7-8-14)12-9-11(18-15-12)10-5-3-2-4-6-10/h2-6,9H,7-8H2,1H3. The molecule has 0 saturated heterocycles. The minimum atomic E-state index is -0.564. The molecular formula is C14H13NO3. The van der Waals surface area contributed by atoms with Crippen molar-refractivity contribution in [1.29, 1.82) is 0 Å². The van der Waals surface area contributed by atoms with Crippen LogP contribution >= 0.6 is 0 Å². The summed E-state index contributed by atoms with van der Waals surface area (Å²) < 4.78 is 10.1. The van der Waals surface area contributed by atoms with Crippen LogP contribution in [0.25, 0.3) is 11.3 Å². The number of aromatic nitrogens is 1. The van der Waals surface area contributed by atoms with Gasteiger partial charge >= 0.3 is 5.97 Å². The first-order valence-corrected chi connectivity index (χ1v) is 5.87. The Labute approximate surface area is 105 Å². The molecule has 0 unspecified atom stereocenters. The number of rotatable bonds is 3. The van der Waals surface area contributed by atoms with E-state index in [0.717, 1.165) is 18.4 Å². The molecular weight excluding hydrogens is 230 g/mol. The predicted octanol–water partition coefficient (Wildman–Crippen LogP) is 2.55. The van der Waals surface area contributed by atoms with Crippen LogP contribution in [0, 0.1) is 0 Å². The van der Waals surface area contributed by atoms with Crippen LogP contribution in [0.3, 0.4) is 0 Å². The van der Waals surface area contributed by atoms with Gasteiger partial charge in [-0.05, 0) is 12.8 Å². The van der Waals surface area contributed by atoms with Crippen molar-refractivity contribution < 1.29 is 14.1 Å². The van der Waals surface area contributed by atoms with Crippen LogP contribution in [0.1, 0.15) is 18.5 Å². The first-order chi connectivity index (χ1) is 8.76. The Hall–Kier alpha value is -2.10. The van der Waals surface area contributed by atoms with Crippen LogP contribution in [0.4, 0.5) is 0 Å². The van der Waals surface area contributed by atoms with Gasteiger partial charge in [-0.1, -0.05) is 35.5 Å². The normalized spacial score (nSPS) is 16.3. The van der Waals surface area contributed by atoms with E-state index in [1.165, 1.54) is 7.11 Å². The van der Waals surface area contributed by atoms with Crippen molar-refractivity contribution in [3.63, 3.8) is 0 Å². The van der Waals surface area contributed by atoms with Gasteiger partial charge in [-0.3, -0.25) is 4.79 Å². The van der Waals surface area contributed by atoms with Gasteiger partial charge < -0.3 is 9.26 Å². The van der Waals surface area contributed by atoms with Gasteiger partial charge in [0.25, 0.3) is 0 Å². The quantitative estimate of drug-likeness (QED) is 0.777. The molecule has 0 bridgehead atoms. The van der Waals surface area contributed by atoms with Crippen LogP contribution in [0.2, 0.25) is 0 Å². The second kappa shape index (κ2) is 3.98. The largest absolute Gasteiger partial charge is 0.468 e. The maximum atomic E-state index is 11.7. The number of ether oxygens (including phenoxy) is 1. The highest BCUT2D eigenvalue weighted by Gasteiger charge is 2.55. The topological polar surface area (TPSA) is 52.3 Å². The van der Waals surface area contributed by atoms with Gasteiger partial charge in [0.15, 0.2) is 5.76 Å². The van der Waals surface area contributed by atoms with E-state index >= 15 is 0 Å². The highest BCUT2D eigenvalue weighted by Crippen LogP contribution is 2.49. The number of carbonyl (C=O) groups excluding carboxylic acids is 1. The summed E-state index contributed by atoms with van der Waals surface area (Å²) >= 11 is 0. The average molecular weight is 243 g/mol. The fraction of sp³-hybridized carbons (Fsp3) is 0.286. The number of nitrogens with zero attached hydrogens (tertiary/aromatic N) is 1. The Morgan fingerprint density at radius 1 is 1.33 bits per heavy atom. The Morgan fingerprint density at radius 3 is 2.67 bits per heavy atom. The molecule has 1 aliphatic carbocycles. The summed E-state index contributed by atoms with van der Waals surface area (Å²) in [6.45, 7) is 0. The van der Waals surface area contributed by atoms with Crippen LogP contribution in [-0.2, 0) is 14.9 Å². The number of hydrogen-bond donors (Lipinski definition) is 0. The summed E-state index contributed by atoms with van der Waals surface area (Å²) in [7, 11) is 1.40. The molecule has 3 rings (SSSR count). The molecule has 1 saturated carbocycles. The minimum absolute atomic E-state index is 0.226. The molecule has 2 aromatic rings. The van der Waals surface area contributed by atoms with Gasteiger partial charge in [0, 0.05) is 11.6 Å². The summed E-state index contributed by atoms with van der Waals surface area (Å²) in [4.78, 5) is 11.7. The molecule has 1 aliphatic rings. The Kier molecular flexibility index (Phi) is 2.44. The zero-order valence-electron chi connectivity index (χ0n) is 10.1. The van der Waals surface area contributed by atoms with E-state index in [2.05, 4.69) is 5.16 Å². The van der Waals surface area contributed by atoms with Crippen LogP contribution in [0.5, 0.6) is 0 Å². The summed E-state index contributed by atoms with van der Waals surface area (Å²) in [5, 5.41) is 4.02. The molecule has 4 nitrogen and oxygen atoms in total. The lowest BCUT2D eigenvalue weighted by Crippen LogP contribution is -2.22. The lowest BCUT2D eigenvalue weighted by atomic mass is 10.0. The highest BCUT2D eigenvalue weighted by molar-refractivity contribution is 5.86. The molecule has 1 aromatic carbocycles. The third kappa shape index (κ3) is 1.61. The molecule has 92 valence electrons. The maximum absolute atomic E-state index is 11.7. The van der Waals surface area contributed by atoms with E-state index in [0.29, 0.717) is 11.5 Å². The van der Waals surface area contributed by atoms with Crippen molar-refractivity contribution in [2.75, 3.05) is 7.11 Å². The highest BCUT2D eigenvalue weighted by atomic mass is 16.5. The van der Waals surface area contributed by atoms with E-state index < -0.39 is 5.41 Å². The molecule has 1 fully saturated rings. The molecule has 1 heterocycles. The third-order valence-electron chi connectivity index (χ3n) is 3.38. The van der Waals surface area contributed by atoms with Gasteiger partial charge in [0.2, 0.25) is 0 Å². The lowest BCUT2D eigenvalue weighted by molar-refractivity contribution is -0.143. The van der Waals surface area contributed by atoms with Crippen molar-refractivity contribution in [3.8, 4) is 11.3 Å². The van der Waals surface area contributed by atoms with Gasteiger partial charge in [-0.25, -0.2) is 0 Å². The minimum Gasteiger partial charge on any atom is -0.468 e. The van der Waals surface area contributed by atoms with Crippen LogP contribution < -0.4 is 0 Å². The average Bonchev–Trinajstić information content (AvgIpc) is 3.09. The van der Waals surface area contributed by atoms with Crippen molar-refractivity contribution >= 4 is 5.97 Å². The molecule has 0 atom stereocenters. The second-order valence-corrected chi connectivity index (χ2v) is 4.52. The second-order valence-electron chi connectivity index (χ2n) is 4.52. The summed E-state index contributed by atoms with van der Waals surface area (Å²) in [5.41, 5.74) is 1.07. The zero-order chi connectivity index (χ0) is 12.6. The van der Waals surface area contributed by atoms with Crippen molar-refractivity contribution in [1.82, 2.24) is 5.16 Å². The number of methoxy groups -OCH3 is 1. The Bertz CT molecular complexity index is 570. The van der Waals surface area contributed by atoms with Gasteiger partial charge in [-0.2, -0.15) is 0 Å². The maximum Gasteiger partial charge on any atom is 0.318 e. The van der Waals surface area contributed by atoms with Crippen LogP contribution in [-0.4, -0.2) is 18.2 Å². The van der Waals surface area contributed by atoms with Crippen molar-refractivity contribution in [3.05, 3.63) is 42.1 Å². The molecule has 0 radical (unpaired) electrons. The molecule has 0 aliphatic heterocycles. The van der Waals surface area contributed by atoms with E-state index in [1.807, 2.05) is 36.4 Å². The number of hydrogen-bond acceptors (Lipinski definition) is 4. The van der Waals surface area contributed by atoms with Gasteiger partial charge in [0.1, 0.15) is 11.1 Å². The van der Waals surface area contributed by atoms with Crippen LogP contribution in [0.15, 0.2) is 40.9 Å². The Balaban J connectivity index is 1.94. The fourth-order valence-corrected chi connectivity index (χ4v) is 2.12. The van der Waals surface area contributed by atoms with E-state index in [1.54, 1.807) is 0 Å². The number of benzene rings is 1. The molecule has 4 heteroatoms.